The molecule has 1 aliphatic heterocycles. The van der Waals surface area contributed by atoms with Crippen LogP contribution < -0.4 is 17.0 Å². The van der Waals surface area contributed by atoms with Gasteiger partial charge in [0.1, 0.15) is 13.1 Å². The average Bonchev–Trinajstić information content (AvgIpc) is 2.30. The molecule has 2 nitrogen and oxygen atoms in total. The second-order valence-electron chi connectivity index (χ2n) is 2.43. The van der Waals surface area contributed by atoms with Crippen molar-refractivity contribution < 1.29 is 21.6 Å². The first-order valence-corrected chi connectivity index (χ1v) is 4.19. The van der Waals surface area contributed by atoms with Crippen LogP contribution in [0.4, 0.5) is 0 Å². The Bertz CT molecular complexity index is 159. The summed E-state index contributed by atoms with van der Waals surface area (Å²) >= 11 is 6.01. The Morgan fingerprint density at radius 3 is 2.45 bits per heavy atom. The Kier molecular flexibility index (Phi) is 5.10. The highest BCUT2D eigenvalue weighted by atomic mass is 79.9. The standard InChI is InChI=1S/C7H14ClN2.BrH/c1-3-9-5-6-10(4-2)7(9)8;/h3-6H2,1-2H3;1H/q+1;/p-1. The first-order valence-electron chi connectivity index (χ1n) is 3.82. The molecule has 0 fully saturated rings. The number of amidine groups is 1. The van der Waals surface area contributed by atoms with Crippen molar-refractivity contribution in [3.8, 4) is 0 Å². The molecule has 0 aromatic heterocycles. The van der Waals surface area contributed by atoms with Gasteiger partial charge in [-0.05, 0) is 13.8 Å². The number of halogens is 2. The van der Waals surface area contributed by atoms with Crippen molar-refractivity contribution in [2.24, 2.45) is 0 Å². The maximum atomic E-state index is 6.01. The smallest absolute Gasteiger partial charge is 0.345 e. The Labute approximate surface area is 83.6 Å². The lowest BCUT2D eigenvalue weighted by molar-refractivity contribution is -0.512. The van der Waals surface area contributed by atoms with E-state index < -0.39 is 0 Å². The van der Waals surface area contributed by atoms with Crippen molar-refractivity contribution in [3.05, 3.63) is 0 Å². The van der Waals surface area contributed by atoms with Crippen LogP contribution in [-0.4, -0.2) is 40.9 Å². The Morgan fingerprint density at radius 2 is 2.18 bits per heavy atom. The van der Waals surface area contributed by atoms with E-state index >= 15 is 0 Å². The zero-order valence-electron chi connectivity index (χ0n) is 6.98. The molecule has 0 bridgehead atoms. The summed E-state index contributed by atoms with van der Waals surface area (Å²) in [7, 11) is 0. The fourth-order valence-corrected chi connectivity index (χ4v) is 1.61. The van der Waals surface area contributed by atoms with Crippen LogP contribution in [-0.2, 0) is 0 Å². The van der Waals surface area contributed by atoms with Gasteiger partial charge in [-0.25, -0.2) is 9.48 Å². The first-order chi connectivity index (χ1) is 4.79. The van der Waals surface area contributed by atoms with Crippen LogP contribution in [0.15, 0.2) is 0 Å². The third-order valence-electron chi connectivity index (χ3n) is 1.93. The summed E-state index contributed by atoms with van der Waals surface area (Å²) in [5.74, 6) is 0. The molecular weight excluding hydrogens is 227 g/mol. The number of nitrogens with zero attached hydrogens (tertiary/aromatic N) is 2. The van der Waals surface area contributed by atoms with Gasteiger partial charge >= 0.3 is 5.29 Å². The van der Waals surface area contributed by atoms with Crippen LogP contribution >= 0.6 is 11.6 Å². The number of hydrogen-bond acceptors (Lipinski definition) is 1. The zero-order valence-corrected chi connectivity index (χ0v) is 9.32. The molecule has 1 aliphatic rings. The van der Waals surface area contributed by atoms with E-state index in [4.69, 9.17) is 11.6 Å². The van der Waals surface area contributed by atoms with Crippen LogP contribution in [0.2, 0.25) is 0 Å². The summed E-state index contributed by atoms with van der Waals surface area (Å²) in [5, 5.41) is 0.921. The van der Waals surface area contributed by atoms with Crippen LogP contribution in [0, 0.1) is 0 Å². The van der Waals surface area contributed by atoms with Gasteiger partial charge in [0, 0.05) is 11.6 Å². The Morgan fingerprint density at radius 1 is 1.55 bits per heavy atom. The summed E-state index contributed by atoms with van der Waals surface area (Å²) in [6.07, 6.45) is 0. The van der Waals surface area contributed by atoms with E-state index in [0.717, 1.165) is 31.5 Å². The van der Waals surface area contributed by atoms with Crippen LogP contribution in [0.5, 0.6) is 0 Å². The molecule has 0 amide bonds. The van der Waals surface area contributed by atoms with Gasteiger partial charge in [-0.2, -0.15) is 0 Å². The topological polar surface area (TPSA) is 6.25 Å². The molecule has 4 heteroatoms. The molecule has 0 atom stereocenters. The maximum Gasteiger partial charge on any atom is 0.345 e. The quantitative estimate of drug-likeness (QED) is 0.399. The normalized spacial score (nSPS) is 17.2. The minimum Gasteiger partial charge on any atom is -1.00 e. The minimum absolute atomic E-state index is 0. The van der Waals surface area contributed by atoms with Gasteiger partial charge in [0.2, 0.25) is 0 Å². The molecule has 0 aromatic rings. The van der Waals surface area contributed by atoms with Gasteiger partial charge < -0.3 is 17.0 Å². The van der Waals surface area contributed by atoms with Crippen LogP contribution in [0.25, 0.3) is 0 Å². The number of hydrogen-bond donors (Lipinski definition) is 0. The molecule has 11 heavy (non-hydrogen) atoms. The van der Waals surface area contributed by atoms with Crippen molar-refractivity contribution in [3.63, 3.8) is 0 Å². The molecule has 1 heterocycles. The van der Waals surface area contributed by atoms with Gasteiger partial charge in [-0.15, -0.1) is 0 Å². The molecule has 0 radical (unpaired) electrons. The van der Waals surface area contributed by atoms with E-state index in [9.17, 15) is 0 Å². The molecule has 0 aliphatic carbocycles. The van der Waals surface area contributed by atoms with Crippen molar-refractivity contribution in [2.45, 2.75) is 13.8 Å². The highest BCUT2D eigenvalue weighted by Gasteiger charge is 2.25. The van der Waals surface area contributed by atoms with Crippen molar-refractivity contribution in [1.29, 1.82) is 0 Å². The molecule has 1 rings (SSSR count). The van der Waals surface area contributed by atoms with Gasteiger partial charge in [0.05, 0.1) is 13.1 Å². The zero-order chi connectivity index (χ0) is 7.56. The SMILES string of the molecule is CCN1CC[N+](CC)=C1Cl.[Br-]. The minimum atomic E-state index is 0. The molecule has 0 saturated heterocycles. The molecule has 0 N–H and O–H groups in total. The van der Waals surface area contributed by atoms with E-state index in [1.807, 2.05) is 0 Å². The lowest BCUT2D eigenvalue weighted by Crippen LogP contribution is -3.00. The molecule has 0 unspecified atom stereocenters. The van der Waals surface area contributed by atoms with E-state index in [0.29, 0.717) is 0 Å². The van der Waals surface area contributed by atoms with E-state index in [1.54, 1.807) is 0 Å². The summed E-state index contributed by atoms with van der Waals surface area (Å²) in [6.45, 7) is 8.47. The number of rotatable bonds is 2. The summed E-state index contributed by atoms with van der Waals surface area (Å²) in [6, 6.07) is 0. The van der Waals surface area contributed by atoms with E-state index in [2.05, 4.69) is 23.3 Å². The fraction of sp³-hybridized carbons (Fsp3) is 0.857. The highest BCUT2D eigenvalue weighted by molar-refractivity contribution is 6.63. The van der Waals surface area contributed by atoms with Crippen molar-refractivity contribution >= 4 is 16.9 Å². The summed E-state index contributed by atoms with van der Waals surface area (Å²) < 4.78 is 2.19. The van der Waals surface area contributed by atoms with Gasteiger partial charge in [0.15, 0.2) is 0 Å². The van der Waals surface area contributed by atoms with Gasteiger partial charge in [-0.1, -0.05) is 0 Å². The summed E-state index contributed by atoms with van der Waals surface area (Å²) in [5.41, 5.74) is 0. The molecular formula is C7H14BrClN2. The van der Waals surface area contributed by atoms with E-state index in [-0.39, 0.29) is 17.0 Å². The number of likely N-dealkylation sites (N-methyl/N-ethyl adjacent to an activating group) is 2. The fourth-order valence-electron chi connectivity index (χ4n) is 1.20. The first kappa shape index (κ1) is 11.2. The molecule has 0 spiro atoms. The Hall–Kier alpha value is 0.240. The third-order valence-corrected chi connectivity index (χ3v) is 2.40. The van der Waals surface area contributed by atoms with Gasteiger partial charge in [-0.3, -0.25) is 0 Å². The monoisotopic (exact) mass is 240 g/mol. The summed E-state index contributed by atoms with van der Waals surface area (Å²) in [4.78, 5) is 2.19. The lowest BCUT2D eigenvalue weighted by Gasteiger charge is -2.03. The second-order valence-corrected chi connectivity index (χ2v) is 2.77. The molecule has 0 saturated carbocycles. The van der Waals surface area contributed by atoms with Crippen LogP contribution in [0.3, 0.4) is 0 Å². The van der Waals surface area contributed by atoms with Crippen molar-refractivity contribution in [1.82, 2.24) is 4.90 Å². The van der Waals surface area contributed by atoms with Crippen molar-refractivity contribution in [2.75, 3.05) is 26.2 Å². The average molecular weight is 242 g/mol. The predicted molar refractivity (Wildman–Crippen MR) is 43.8 cm³/mol. The predicted octanol–water partition coefficient (Wildman–Crippen LogP) is -2.05. The van der Waals surface area contributed by atoms with Gasteiger partial charge in [0.25, 0.3) is 0 Å². The second kappa shape index (κ2) is 4.99. The largest absolute Gasteiger partial charge is 1.00 e. The van der Waals surface area contributed by atoms with Crippen LogP contribution in [0.1, 0.15) is 13.8 Å². The lowest BCUT2D eigenvalue weighted by atomic mass is 10.5. The highest BCUT2D eigenvalue weighted by Crippen LogP contribution is 2.03. The molecule has 66 valence electrons. The maximum absolute atomic E-state index is 6.01. The third kappa shape index (κ3) is 2.34. The molecule has 0 aromatic carbocycles. The van der Waals surface area contributed by atoms with E-state index in [1.165, 1.54) is 0 Å². The Balaban J connectivity index is 0.000001000.